The van der Waals surface area contributed by atoms with E-state index in [4.69, 9.17) is 9.47 Å². The molecule has 0 aliphatic rings. The molecule has 4 rings (SSSR count). The molecule has 0 aliphatic carbocycles. The van der Waals surface area contributed by atoms with Gasteiger partial charge < -0.3 is 14.8 Å². The molecule has 0 bridgehead atoms. The normalized spacial score (nSPS) is 10.6. The third kappa shape index (κ3) is 5.31. The van der Waals surface area contributed by atoms with Gasteiger partial charge in [0.1, 0.15) is 11.5 Å². The lowest BCUT2D eigenvalue weighted by Gasteiger charge is -2.06. The summed E-state index contributed by atoms with van der Waals surface area (Å²) >= 11 is 1.45. The highest BCUT2D eigenvalue weighted by Gasteiger charge is 2.12. The lowest BCUT2D eigenvalue weighted by atomic mass is 10.1. The van der Waals surface area contributed by atoms with E-state index >= 15 is 0 Å². The van der Waals surface area contributed by atoms with E-state index in [0.717, 1.165) is 38.2 Å². The minimum atomic E-state index is 0.120. The van der Waals surface area contributed by atoms with Gasteiger partial charge in [0.25, 0.3) is 0 Å². The number of nitrogens with one attached hydrogen (secondary N) is 1. The molecule has 7 heteroatoms. The molecule has 0 radical (unpaired) electrons. The van der Waals surface area contributed by atoms with Gasteiger partial charge in [0.15, 0.2) is 5.78 Å². The molecule has 162 valence electrons. The average Bonchev–Trinajstić information content (AvgIpc) is 3.34. The molecule has 0 spiro atoms. The van der Waals surface area contributed by atoms with Crippen LogP contribution in [0.1, 0.15) is 21.7 Å². The highest BCUT2D eigenvalue weighted by atomic mass is 32.1. The molecule has 1 N–H and O–H groups in total. The number of carbonyl (C=O) groups is 1. The molecule has 0 saturated carbocycles. The van der Waals surface area contributed by atoms with Gasteiger partial charge in [0.05, 0.1) is 29.7 Å². The molecule has 32 heavy (non-hydrogen) atoms. The molecular formula is C25H23N3O3S. The van der Waals surface area contributed by atoms with Gasteiger partial charge in [-0.3, -0.25) is 4.79 Å². The standard InChI is InChI=1S/C25H23N3O3S/c1-30-19-9-7-18(8-10-19)27-25-26-15-14-21(28-25)23-12-13-24(32-23)22(29)11-6-17-4-3-5-20(16-17)31-2/h3-5,7-10,12-16H,6,11H2,1-2H3,(H,26,27,28). The number of rotatable bonds is 9. The number of thiophene rings is 1. The van der Waals surface area contributed by atoms with Gasteiger partial charge in [0, 0.05) is 18.3 Å². The first-order valence-corrected chi connectivity index (χ1v) is 11.0. The van der Waals surface area contributed by atoms with Gasteiger partial charge in [0.2, 0.25) is 5.95 Å². The van der Waals surface area contributed by atoms with Crippen molar-refractivity contribution in [2.24, 2.45) is 0 Å². The zero-order chi connectivity index (χ0) is 22.3. The van der Waals surface area contributed by atoms with Crippen LogP contribution in [0.2, 0.25) is 0 Å². The number of aromatic nitrogens is 2. The fourth-order valence-corrected chi connectivity index (χ4v) is 4.14. The Hall–Kier alpha value is -3.71. The number of ether oxygens (including phenoxy) is 2. The molecule has 0 amide bonds. The predicted octanol–water partition coefficient (Wildman–Crippen LogP) is 5.78. The summed E-state index contributed by atoms with van der Waals surface area (Å²) in [7, 11) is 3.27. The van der Waals surface area contributed by atoms with Crippen LogP contribution in [0.15, 0.2) is 72.9 Å². The van der Waals surface area contributed by atoms with E-state index in [1.54, 1.807) is 20.4 Å². The largest absolute Gasteiger partial charge is 0.497 e. The number of anilines is 2. The topological polar surface area (TPSA) is 73.3 Å². The fourth-order valence-electron chi connectivity index (χ4n) is 3.19. The summed E-state index contributed by atoms with van der Waals surface area (Å²) in [6.07, 6.45) is 2.83. The number of hydrogen-bond donors (Lipinski definition) is 1. The number of hydrogen-bond acceptors (Lipinski definition) is 7. The van der Waals surface area contributed by atoms with Crippen LogP contribution in [-0.4, -0.2) is 30.0 Å². The first kappa shape index (κ1) is 21.5. The summed E-state index contributed by atoms with van der Waals surface area (Å²) in [6.45, 7) is 0. The van der Waals surface area contributed by atoms with Gasteiger partial charge in [-0.2, -0.15) is 0 Å². The second kappa shape index (κ2) is 10.1. The zero-order valence-electron chi connectivity index (χ0n) is 17.9. The molecular weight excluding hydrogens is 422 g/mol. The van der Waals surface area contributed by atoms with Crippen LogP contribution >= 0.6 is 11.3 Å². The molecule has 2 aromatic heterocycles. The quantitative estimate of drug-likeness (QED) is 0.329. The lowest BCUT2D eigenvalue weighted by molar-refractivity contribution is 0.0986. The Balaban J connectivity index is 1.42. The maximum atomic E-state index is 12.7. The van der Waals surface area contributed by atoms with Crippen molar-refractivity contribution in [1.29, 1.82) is 0 Å². The van der Waals surface area contributed by atoms with Crippen LogP contribution in [0.4, 0.5) is 11.6 Å². The number of aryl methyl sites for hydroxylation is 1. The molecule has 2 aromatic carbocycles. The van der Waals surface area contributed by atoms with Crippen LogP contribution in [0.25, 0.3) is 10.6 Å². The van der Waals surface area contributed by atoms with Crippen molar-refractivity contribution in [2.45, 2.75) is 12.8 Å². The second-order valence-corrected chi connectivity index (χ2v) is 8.14. The van der Waals surface area contributed by atoms with E-state index in [1.807, 2.05) is 66.7 Å². The summed E-state index contributed by atoms with van der Waals surface area (Å²) in [5, 5.41) is 3.19. The predicted molar refractivity (Wildman–Crippen MR) is 127 cm³/mol. The summed E-state index contributed by atoms with van der Waals surface area (Å²) < 4.78 is 10.4. The van der Waals surface area contributed by atoms with Crippen LogP contribution in [-0.2, 0) is 6.42 Å². The Labute approximate surface area is 190 Å². The Morgan fingerprint density at radius 2 is 1.78 bits per heavy atom. The molecule has 2 heterocycles. The van der Waals surface area contributed by atoms with Crippen LogP contribution in [0, 0.1) is 0 Å². The van der Waals surface area contributed by atoms with Gasteiger partial charge in [-0.1, -0.05) is 12.1 Å². The smallest absolute Gasteiger partial charge is 0.227 e. The van der Waals surface area contributed by atoms with Crippen LogP contribution in [0.3, 0.4) is 0 Å². The van der Waals surface area contributed by atoms with E-state index < -0.39 is 0 Å². The number of ketones is 1. The summed E-state index contributed by atoms with van der Waals surface area (Å²) in [6, 6.07) is 21.0. The third-order valence-electron chi connectivity index (χ3n) is 4.91. The van der Waals surface area contributed by atoms with E-state index in [0.29, 0.717) is 18.8 Å². The zero-order valence-corrected chi connectivity index (χ0v) is 18.7. The maximum Gasteiger partial charge on any atom is 0.227 e. The monoisotopic (exact) mass is 445 g/mol. The highest BCUT2D eigenvalue weighted by molar-refractivity contribution is 7.17. The van der Waals surface area contributed by atoms with E-state index in [9.17, 15) is 4.79 Å². The maximum absolute atomic E-state index is 12.7. The minimum absolute atomic E-state index is 0.120. The second-order valence-electron chi connectivity index (χ2n) is 7.06. The highest BCUT2D eigenvalue weighted by Crippen LogP contribution is 2.29. The Morgan fingerprint density at radius 1 is 0.969 bits per heavy atom. The third-order valence-corrected chi connectivity index (χ3v) is 6.06. The van der Waals surface area contributed by atoms with Gasteiger partial charge in [-0.25, -0.2) is 9.97 Å². The summed E-state index contributed by atoms with van der Waals surface area (Å²) in [4.78, 5) is 23.2. The molecule has 0 aliphatic heterocycles. The van der Waals surface area contributed by atoms with E-state index in [1.165, 1.54) is 11.3 Å². The van der Waals surface area contributed by atoms with Crippen molar-refractivity contribution in [2.75, 3.05) is 19.5 Å². The SMILES string of the molecule is COc1ccc(Nc2nccc(-c3ccc(C(=O)CCc4cccc(OC)c4)s3)n2)cc1. The Bertz CT molecular complexity index is 1210. The average molecular weight is 446 g/mol. The van der Waals surface area contributed by atoms with Gasteiger partial charge in [-0.05, 0) is 66.6 Å². The number of carbonyl (C=O) groups excluding carboxylic acids is 1. The molecule has 0 atom stereocenters. The minimum Gasteiger partial charge on any atom is -0.497 e. The van der Waals surface area contributed by atoms with Crippen molar-refractivity contribution in [3.05, 3.63) is 83.4 Å². The number of benzene rings is 2. The van der Waals surface area contributed by atoms with Crippen LogP contribution in [0.5, 0.6) is 11.5 Å². The molecule has 0 saturated heterocycles. The molecule has 6 nitrogen and oxygen atoms in total. The van der Waals surface area contributed by atoms with Crippen molar-refractivity contribution in [3.8, 4) is 22.1 Å². The number of methoxy groups -OCH3 is 2. The summed E-state index contributed by atoms with van der Waals surface area (Å²) in [5.74, 6) is 2.20. The van der Waals surface area contributed by atoms with Crippen molar-refractivity contribution in [3.63, 3.8) is 0 Å². The Morgan fingerprint density at radius 3 is 2.56 bits per heavy atom. The van der Waals surface area contributed by atoms with Gasteiger partial charge in [-0.15, -0.1) is 11.3 Å². The number of Topliss-reactive ketones (excluding diaryl/α,β-unsaturated/α-hetero) is 1. The fraction of sp³-hybridized carbons (Fsp3) is 0.160. The van der Waals surface area contributed by atoms with Crippen LogP contribution < -0.4 is 14.8 Å². The summed E-state index contributed by atoms with van der Waals surface area (Å²) in [5.41, 5.74) is 2.72. The lowest BCUT2D eigenvalue weighted by Crippen LogP contribution is -1.99. The van der Waals surface area contributed by atoms with Crippen molar-refractivity contribution >= 4 is 28.8 Å². The number of nitrogens with zero attached hydrogens (tertiary/aromatic N) is 2. The first-order valence-electron chi connectivity index (χ1n) is 10.1. The molecule has 4 aromatic rings. The molecule has 0 unspecified atom stereocenters. The Kier molecular flexibility index (Phi) is 6.77. The first-order chi connectivity index (χ1) is 15.6. The van der Waals surface area contributed by atoms with Crippen molar-refractivity contribution in [1.82, 2.24) is 9.97 Å². The van der Waals surface area contributed by atoms with Gasteiger partial charge >= 0.3 is 0 Å². The van der Waals surface area contributed by atoms with E-state index in [2.05, 4.69) is 15.3 Å². The molecule has 0 fully saturated rings. The van der Waals surface area contributed by atoms with E-state index in [-0.39, 0.29) is 5.78 Å². The van der Waals surface area contributed by atoms with Crippen molar-refractivity contribution < 1.29 is 14.3 Å².